The number of fused-ring (bicyclic) bond motifs is 2. The smallest absolute Gasteiger partial charge is 0.407 e. The lowest BCUT2D eigenvalue weighted by Gasteiger charge is -2.34. The molecule has 0 radical (unpaired) electrons. The second-order valence-electron chi connectivity index (χ2n) is 11.6. The van der Waals surface area contributed by atoms with E-state index in [4.69, 9.17) is 14.7 Å². The number of carbonyl (C=O) groups is 1. The first kappa shape index (κ1) is 26.5. The van der Waals surface area contributed by atoms with E-state index in [0.717, 1.165) is 63.2 Å². The van der Waals surface area contributed by atoms with E-state index in [1.165, 1.54) is 36.3 Å². The van der Waals surface area contributed by atoms with Gasteiger partial charge in [-0.25, -0.2) is 9.78 Å². The minimum atomic E-state index is -0.481. The van der Waals surface area contributed by atoms with Gasteiger partial charge in [0.2, 0.25) is 0 Å². The number of nitrogens with one attached hydrogen (secondary N) is 1. The number of carbonyl (C=O) groups excluding carboxylic acids is 1. The van der Waals surface area contributed by atoms with Crippen LogP contribution in [0.25, 0.3) is 5.65 Å². The molecule has 1 N–H and O–H groups in total. The van der Waals surface area contributed by atoms with Crippen molar-refractivity contribution in [3.05, 3.63) is 59.7 Å². The van der Waals surface area contributed by atoms with Crippen molar-refractivity contribution in [2.24, 2.45) is 0 Å². The number of nitrogens with zero attached hydrogens (tertiary/aromatic N) is 5. The molecule has 1 atom stereocenters. The van der Waals surface area contributed by atoms with Gasteiger partial charge in [-0.2, -0.15) is 0 Å². The van der Waals surface area contributed by atoms with Gasteiger partial charge in [0.05, 0.1) is 17.4 Å². The number of hydrogen-bond acceptors (Lipinski definition) is 6. The van der Waals surface area contributed by atoms with Gasteiger partial charge in [0.15, 0.2) is 0 Å². The van der Waals surface area contributed by atoms with Gasteiger partial charge in [-0.15, -0.1) is 0 Å². The molecule has 1 aliphatic heterocycles. The number of ether oxygens (including phenoxy) is 1. The fourth-order valence-corrected chi connectivity index (χ4v) is 5.76. The van der Waals surface area contributed by atoms with Gasteiger partial charge in [0.1, 0.15) is 17.1 Å². The van der Waals surface area contributed by atoms with Crippen molar-refractivity contribution in [3.63, 3.8) is 0 Å². The van der Waals surface area contributed by atoms with Crippen LogP contribution in [-0.4, -0.2) is 57.1 Å². The van der Waals surface area contributed by atoms with Crippen LogP contribution in [0.5, 0.6) is 0 Å². The molecule has 2 aliphatic rings. The van der Waals surface area contributed by atoms with E-state index in [1.54, 1.807) is 0 Å². The maximum absolute atomic E-state index is 12.0. The Morgan fingerprint density at radius 2 is 1.97 bits per heavy atom. The Hall–Kier alpha value is -3.13. The number of unbranched alkanes of at least 4 members (excludes halogenated alkanes) is 1. The number of pyridine rings is 2. The molecule has 8 heteroatoms. The molecule has 1 aliphatic carbocycles. The first-order valence-corrected chi connectivity index (χ1v) is 14.2. The van der Waals surface area contributed by atoms with E-state index in [9.17, 15) is 4.79 Å². The molecular formula is C30H42N6O2. The van der Waals surface area contributed by atoms with E-state index >= 15 is 0 Å². The topological polar surface area (TPSA) is 75.0 Å². The van der Waals surface area contributed by atoms with Crippen LogP contribution in [0.1, 0.15) is 82.3 Å². The van der Waals surface area contributed by atoms with Crippen molar-refractivity contribution >= 4 is 17.6 Å². The zero-order valence-electron chi connectivity index (χ0n) is 23.2. The molecular weight excluding hydrogens is 476 g/mol. The third-order valence-electron chi connectivity index (χ3n) is 7.46. The number of rotatable bonds is 9. The van der Waals surface area contributed by atoms with Gasteiger partial charge in [-0.3, -0.25) is 14.3 Å². The van der Waals surface area contributed by atoms with Crippen molar-refractivity contribution < 1.29 is 9.53 Å². The number of amides is 1. The Balaban J connectivity index is 1.30. The third kappa shape index (κ3) is 6.46. The van der Waals surface area contributed by atoms with Crippen LogP contribution in [0.4, 0.5) is 10.6 Å². The van der Waals surface area contributed by atoms with Crippen LogP contribution < -0.4 is 10.2 Å². The molecule has 38 heavy (non-hydrogen) atoms. The Morgan fingerprint density at radius 3 is 2.79 bits per heavy atom. The normalized spacial score (nSPS) is 17.7. The van der Waals surface area contributed by atoms with Crippen molar-refractivity contribution in [1.29, 1.82) is 0 Å². The number of aromatic nitrogens is 3. The summed E-state index contributed by atoms with van der Waals surface area (Å²) in [7, 11) is 0. The molecule has 5 rings (SSSR count). The molecule has 1 fully saturated rings. The summed E-state index contributed by atoms with van der Waals surface area (Å²) < 4.78 is 7.63. The van der Waals surface area contributed by atoms with E-state index < -0.39 is 5.60 Å². The Morgan fingerprint density at radius 1 is 1.13 bits per heavy atom. The summed E-state index contributed by atoms with van der Waals surface area (Å²) in [6.45, 7) is 10.2. The van der Waals surface area contributed by atoms with Crippen LogP contribution in [0, 0.1) is 0 Å². The maximum Gasteiger partial charge on any atom is 0.407 e. The quantitative estimate of drug-likeness (QED) is 0.376. The molecule has 0 saturated carbocycles. The highest BCUT2D eigenvalue weighted by Crippen LogP contribution is 2.34. The SMILES string of the molecule is CC(C)(C)OC(=O)NCCCCN(Cc1cn2c(N3CCCC3)cccc2n1)C1CCCc2cccnc21. The van der Waals surface area contributed by atoms with Gasteiger partial charge < -0.3 is 15.0 Å². The van der Waals surface area contributed by atoms with Crippen LogP contribution in [-0.2, 0) is 17.7 Å². The zero-order chi connectivity index (χ0) is 26.5. The van der Waals surface area contributed by atoms with Crippen LogP contribution in [0.15, 0.2) is 42.7 Å². The molecule has 1 unspecified atom stereocenters. The lowest BCUT2D eigenvalue weighted by Crippen LogP contribution is -2.34. The highest BCUT2D eigenvalue weighted by molar-refractivity contribution is 5.67. The fourth-order valence-electron chi connectivity index (χ4n) is 5.76. The monoisotopic (exact) mass is 518 g/mol. The molecule has 0 bridgehead atoms. The highest BCUT2D eigenvalue weighted by Gasteiger charge is 2.28. The molecule has 1 amide bonds. The molecule has 4 heterocycles. The number of anilines is 1. The van der Waals surface area contributed by atoms with Crippen molar-refractivity contribution in [2.75, 3.05) is 31.1 Å². The standard InChI is InChI=1S/C30H42N6O2/c1-30(2,3)38-29(37)32-16-4-5-20-35(25-13-8-11-23-12-10-17-31-28(23)25)21-24-22-36-26(33-24)14-9-15-27(36)34-18-6-7-19-34/h9-10,12,14-15,17,22,25H,4-8,11,13,16,18-21H2,1-3H3,(H,32,37). The summed E-state index contributed by atoms with van der Waals surface area (Å²) in [5.41, 5.74) is 4.20. The van der Waals surface area contributed by atoms with Crippen molar-refractivity contribution in [3.8, 4) is 0 Å². The predicted octanol–water partition coefficient (Wildman–Crippen LogP) is 5.51. The fraction of sp³-hybridized carbons (Fsp3) is 0.567. The van der Waals surface area contributed by atoms with Gasteiger partial charge in [-0.05, 0) is 96.0 Å². The summed E-state index contributed by atoms with van der Waals surface area (Å²) in [4.78, 5) is 26.9. The number of alkyl carbamates (subject to hydrolysis) is 1. The third-order valence-corrected chi connectivity index (χ3v) is 7.46. The number of imidazole rings is 1. The van der Waals surface area contributed by atoms with Crippen molar-refractivity contribution in [2.45, 2.75) is 83.9 Å². The Labute approximate surface area is 226 Å². The van der Waals surface area contributed by atoms with Crippen LogP contribution in [0.2, 0.25) is 0 Å². The minimum Gasteiger partial charge on any atom is -0.444 e. The van der Waals surface area contributed by atoms with Crippen molar-refractivity contribution in [1.82, 2.24) is 24.6 Å². The Bertz CT molecular complexity index is 1230. The van der Waals surface area contributed by atoms with Gasteiger partial charge >= 0.3 is 6.09 Å². The van der Waals surface area contributed by atoms with Crippen LogP contribution >= 0.6 is 0 Å². The maximum atomic E-state index is 12.0. The summed E-state index contributed by atoms with van der Waals surface area (Å²) in [6.07, 6.45) is 11.5. The van der Waals surface area contributed by atoms with Crippen LogP contribution in [0.3, 0.4) is 0 Å². The lowest BCUT2D eigenvalue weighted by atomic mass is 9.90. The molecule has 1 saturated heterocycles. The number of aryl methyl sites for hydroxylation is 1. The minimum absolute atomic E-state index is 0.279. The van der Waals surface area contributed by atoms with E-state index in [1.807, 2.05) is 27.0 Å². The summed E-state index contributed by atoms with van der Waals surface area (Å²) in [6, 6.07) is 11.0. The largest absolute Gasteiger partial charge is 0.444 e. The molecule has 0 spiro atoms. The van der Waals surface area contributed by atoms with E-state index in [0.29, 0.717) is 6.54 Å². The molecule has 3 aromatic rings. The summed E-state index contributed by atoms with van der Waals surface area (Å²) in [5, 5.41) is 2.90. The molecule has 3 aromatic heterocycles. The molecule has 204 valence electrons. The lowest BCUT2D eigenvalue weighted by molar-refractivity contribution is 0.0526. The zero-order valence-corrected chi connectivity index (χ0v) is 23.2. The first-order valence-electron chi connectivity index (χ1n) is 14.2. The van der Waals surface area contributed by atoms with E-state index in [2.05, 4.69) is 56.0 Å². The first-order chi connectivity index (χ1) is 18.4. The highest BCUT2D eigenvalue weighted by atomic mass is 16.6. The summed E-state index contributed by atoms with van der Waals surface area (Å²) >= 11 is 0. The molecule has 8 nitrogen and oxygen atoms in total. The van der Waals surface area contributed by atoms with Gasteiger partial charge in [-0.1, -0.05) is 12.1 Å². The van der Waals surface area contributed by atoms with E-state index in [-0.39, 0.29) is 12.1 Å². The average molecular weight is 519 g/mol. The number of hydrogen-bond donors (Lipinski definition) is 1. The summed E-state index contributed by atoms with van der Waals surface area (Å²) in [5.74, 6) is 1.24. The predicted molar refractivity (Wildman–Crippen MR) is 150 cm³/mol. The second kappa shape index (κ2) is 11.7. The average Bonchev–Trinajstić information content (AvgIpc) is 3.56. The Kier molecular flexibility index (Phi) is 8.17. The van der Waals surface area contributed by atoms with Gasteiger partial charge in [0, 0.05) is 38.6 Å². The molecule has 0 aromatic carbocycles. The van der Waals surface area contributed by atoms with Gasteiger partial charge in [0.25, 0.3) is 0 Å². The second-order valence-corrected chi connectivity index (χ2v) is 11.6.